The van der Waals surface area contributed by atoms with Gasteiger partial charge in [0.15, 0.2) is 5.82 Å². The Morgan fingerprint density at radius 3 is 2.62 bits per heavy atom. The van der Waals surface area contributed by atoms with Gasteiger partial charge in [-0.15, -0.1) is 5.10 Å². The van der Waals surface area contributed by atoms with Gasteiger partial charge in [0.2, 0.25) is 11.1 Å². The first-order chi connectivity index (χ1) is 14.1. The molecule has 0 unspecified atom stereocenters. The van der Waals surface area contributed by atoms with Gasteiger partial charge in [-0.1, -0.05) is 79.3 Å². The Bertz CT molecular complexity index is 1130. The number of fused-ring (bicyclic) bond motifs is 1. The molecule has 1 amide bonds. The van der Waals surface area contributed by atoms with Crippen molar-refractivity contribution in [2.24, 2.45) is 0 Å². The second-order valence-corrected chi connectivity index (χ2v) is 8.10. The number of H-pyrrole nitrogens is 1. The van der Waals surface area contributed by atoms with Crippen LogP contribution in [0.2, 0.25) is 0 Å². The fourth-order valence-corrected chi connectivity index (χ4v) is 3.83. The summed E-state index contributed by atoms with van der Waals surface area (Å²) < 4.78 is 0. The van der Waals surface area contributed by atoms with Crippen LogP contribution in [-0.4, -0.2) is 26.3 Å². The van der Waals surface area contributed by atoms with E-state index in [1.165, 1.54) is 17.3 Å². The summed E-state index contributed by atoms with van der Waals surface area (Å²) in [6, 6.07) is 22.1. The molecule has 6 heteroatoms. The van der Waals surface area contributed by atoms with Crippen molar-refractivity contribution in [3.05, 3.63) is 72.3 Å². The number of thioether (sulfide) groups is 1. The van der Waals surface area contributed by atoms with Crippen molar-refractivity contribution < 1.29 is 4.79 Å². The number of benzene rings is 3. The number of carbonyl (C=O) groups excluding carboxylic acids is 1. The lowest BCUT2D eigenvalue weighted by Crippen LogP contribution is -2.22. The summed E-state index contributed by atoms with van der Waals surface area (Å²) >= 11 is 1.33. The summed E-state index contributed by atoms with van der Waals surface area (Å²) in [6.45, 7) is 3.99. The summed E-state index contributed by atoms with van der Waals surface area (Å²) in [5, 5.41) is 12.6. The van der Waals surface area contributed by atoms with Gasteiger partial charge >= 0.3 is 0 Å². The van der Waals surface area contributed by atoms with Gasteiger partial charge in [0.25, 0.3) is 0 Å². The van der Waals surface area contributed by atoms with Gasteiger partial charge < -0.3 is 5.32 Å². The molecule has 1 aromatic heterocycles. The van der Waals surface area contributed by atoms with E-state index >= 15 is 0 Å². The van der Waals surface area contributed by atoms with Gasteiger partial charge in [0.1, 0.15) is 0 Å². The van der Waals surface area contributed by atoms with Crippen LogP contribution in [0.3, 0.4) is 0 Å². The van der Waals surface area contributed by atoms with E-state index in [0.717, 1.165) is 28.4 Å². The zero-order valence-corrected chi connectivity index (χ0v) is 17.2. The average Bonchev–Trinajstić information content (AvgIpc) is 3.22. The normalized spacial score (nSPS) is 12.1. The van der Waals surface area contributed by atoms with Gasteiger partial charge in [0.05, 0.1) is 5.25 Å². The zero-order valence-electron chi connectivity index (χ0n) is 16.3. The third-order valence-electron chi connectivity index (χ3n) is 4.80. The molecule has 0 bridgehead atoms. The van der Waals surface area contributed by atoms with E-state index in [1.807, 2.05) is 61.5 Å². The van der Waals surface area contributed by atoms with Gasteiger partial charge in [0, 0.05) is 16.6 Å². The van der Waals surface area contributed by atoms with Crippen molar-refractivity contribution in [1.82, 2.24) is 15.2 Å². The molecule has 3 aromatic carbocycles. The fraction of sp³-hybridized carbons (Fsp3) is 0.174. The number of hydrogen-bond acceptors (Lipinski definition) is 4. The van der Waals surface area contributed by atoms with E-state index < -0.39 is 0 Å². The summed E-state index contributed by atoms with van der Waals surface area (Å²) in [5.74, 6) is 0.627. The molecule has 4 rings (SSSR count). The predicted octanol–water partition coefficient (Wildman–Crippen LogP) is 5.31. The molecule has 0 saturated heterocycles. The lowest BCUT2D eigenvalue weighted by Gasteiger charge is -2.12. The smallest absolute Gasteiger partial charge is 0.237 e. The first-order valence-corrected chi connectivity index (χ1v) is 10.5. The molecule has 0 fully saturated rings. The molecule has 0 aliphatic carbocycles. The highest BCUT2D eigenvalue weighted by Gasteiger charge is 2.18. The first kappa shape index (κ1) is 19.2. The van der Waals surface area contributed by atoms with Gasteiger partial charge in [-0.05, 0) is 30.4 Å². The van der Waals surface area contributed by atoms with Gasteiger partial charge in [-0.3, -0.25) is 9.89 Å². The Morgan fingerprint density at radius 1 is 1.07 bits per heavy atom. The largest absolute Gasteiger partial charge is 0.325 e. The zero-order chi connectivity index (χ0) is 20.2. The van der Waals surface area contributed by atoms with Crippen molar-refractivity contribution in [2.45, 2.75) is 30.7 Å². The van der Waals surface area contributed by atoms with Crippen LogP contribution < -0.4 is 5.32 Å². The van der Waals surface area contributed by atoms with Crippen LogP contribution in [0.15, 0.2) is 71.9 Å². The molecule has 1 heterocycles. The number of nitrogens with one attached hydrogen (secondary N) is 2. The number of hydrogen-bond donors (Lipinski definition) is 2. The monoisotopic (exact) mass is 402 g/mol. The minimum Gasteiger partial charge on any atom is -0.325 e. The summed E-state index contributed by atoms with van der Waals surface area (Å²) in [5.41, 5.74) is 3.07. The summed E-state index contributed by atoms with van der Waals surface area (Å²) in [4.78, 5) is 17.2. The van der Waals surface area contributed by atoms with Crippen LogP contribution in [0.4, 0.5) is 5.69 Å². The lowest BCUT2D eigenvalue weighted by atomic mass is 10.1. The SMILES string of the molecule is CCc1ccc(-c2nc(S[C@@H](C)C(=O)Nc3cccc4ccccc34)n[nH]2)cc1. The molecule has 146 valence electrons. The highest BCUT2D eigenvalue weighted by Crippen LogP contribution is 2.26. The number of aryl methyl sites for hydroxylation is 1. The molecule has 0 aliphatic heterocycles. The number of rotatable bonds is 6. The van der Waals surface area contributed by atoms with Crippen LogP contribution in [0.1, 0.15) is 19.4 Å². The molecule has 2 N–H and O–H groups in total. The number of aromatic amines is 1. The topological polar surface area (TPSA) is 70.7 Å². The summed E-state index contributed by atoms with van der Waals surface area (Å²) in [6.07, 6.45) is 1.00. The number of nitrogens with zero attached hydrogens (tertiary/aromatic N) is 2. The predicted molar refractivity (Wildman–Crippen MR) is 119 cm³/mol. The molecule has 5 nitrogen and oxygen atoms in total. The third-order valence-corrected chi connectivity index (χ3v) is 5.76. The standard InChI is InChI=1S/C23H22N4OS/c1-3-16-11-13-18(14-12-16)21-25-23(27-26-21)29-15(2)22(28)24-20-10-6-8-17-7-4-5-9-19(17)20/h4-15H,3H2,1-2H3,(H,24,28)(H,25,26,27)/t15-/m0/s1. The number of amides is 1. The second kappa shape index (κ2) is 8.49. The Kier molecular flexibility index (Phi) is 5.62. The quantitative estimate of drug-likeness (QED) is 0.429. The van der Waals surface area contributed by atoms with Crippen molar-refractivity contribution in [2.75, 3.05) is 5.32 Å². The van der Waals surface area contributed by atoms with Gasteiger partial charge in [-0.2, -0.15) is 0 Å². The van der Waals surface area contributed by atoms with Crippen LogP contribution in [-0.2, 0) is 11.2 Å². The molecule has 0 aliphatic rings. The average molecular weight is 403 g/mol. The van der Waals surface area contributed by atoms with Crippen LogP contribution in [0, 0.1) is 0 Å². The number of anilines is 1. The van der Waals surface area contributed by atoms with E-state index in [1.54, 1.807) is 0 Å². The van der Waals surface area contributed by atoms with Crippen LogP contribution >= 0.6 is 11.8 Å². The van der Waals surface area contributed by atoms with Crippen molar-refractivity contribution in [3.8, 4) is 11.4 Å². The molecular formula is C23H22N4OS. The highest BCUT2D eigenvalue weighted by atomic mass is 32.2. The van der Waals surface area contributed by atoms with E-state index in [4.69, 9.17) is 0 Å². The number of carbonyl (C=O) groups is 1. The second-order valence-electron chi connectivity index (χ2n) is 6.79. The van der Waals surface area contributed by atoms with Crippen LogP contribution in [0.5, 0.6) is 0 Å². The van der Waals surface area contributed by atoms with Crippen molar-refractivity contribution in [3.63, 3.8) is 0 Å². The minimum atomic E-state index is -0.333. The van der Waals surface area contributed by atoms with Crippen LogP contribution in [0.25, 0.3) is 22.2 Å². The Labute approximate surface area is 174 Å². The minimum absolute atomic E-state index is 0.0787. The molecule has 0 spiro atoms. The Hall–Kier alpha value is -3.12. The maximum Gasteiger partial charge on any atom is 0.237 e. The number of aromatic nitrogens is 3. The third kappa shape index (κ3) is 4.32. The van der Waals surface area contributed by atoms with E-state index in [0.29, 0.717) is 11.0 Å². The Balaban J connectivity index is 1.44. The Morgan fingerprint density at radius 2 is 1.83 bits per heavy atom. The van der Waals surface area contributed by atoms with E-state index in [9.17, 15) is 4.79 Å². The molecule has 29 heavy (non-hydrogen) atoms. The van der Waals surface area contributed by atoms with Crippen molar-refractivity contribution in [1.29, 1.82) is 0 Å². The molecule has 0 saturated carbocycles. The fourth-order valence-electron chi connectivity index (χ4n) is 3.11. The van der Waals surface area contributed by atoms with E-state index in [-0.39, 0.29) is 11.2 Å². The molecule has 1 atom stereocenters. The van der Waals surface area contributed by atoms with Gasteiger partial charge in [-0.25, -0.2) is 4.98 Å². The lowest BCUT2D eigenvalue weighted by molar-refractivity contribution is -0.115. The molecule has 0 radical (unpaired) electrons. The van der Waals surface area contributed by atoms with E-state index in [2.05, 4.69) is 39.6 Å². The molecular weight excluding hydrogens is 380 g/mol. The summed E-state index contributed by atoms with van der Waals surface area (Å²) in [7, 11) is 0. The maximum atomic E-state index is 12.7. The highest BCUT2D eigenvalue weighted by molar-refractivity contribution is 8.00. The first-order valence-electron chi connectivity index (χ1n) is 9.61. The van der Waals surface area contributed by atoms with Crippen molar-refractivity contribution >= 4 is 34.1 Å². The maximum absolute atomic E-state index is 12.7. The molecule has 4 aromatic rings.